The molecule has 0 saturated carbocycles. The van der Waals surface area contributed by atoms with E-state index in [1.165, 1.54) is 70.9 Å². The van der Waals surface area contributed by atoms with Crippen LogP contribution in [0.5, 0.6) is 5.75 Å². The third-order valence-electron chi connectivity index (χ3n) is 10.6. The van der Waals surface area contributed by atoms with Gasteiger partial charge in [0.25, 0.3) is 0 Å². The summed E-state index contributed by atoms with van der Waals surface area (Å²) in [6.45, 7) is 0. The number of hydrogen-bond donors (Lipinski definition) is 0. The first-order chi connectivity index (χ1) is 23.8. The lowest BCUT2D eigenvalue weighted by atomic mass is 9.87. The summed E-state index contributed by atoms with van der Waals surface area (Å²) >= 11 is 0. The molecule has 1 aromatic heterocycles. The summed E-state index contributed by atoms with van der Waals surface area (Å²) < 4.78 is 13.0. The first kappa shape index (κ1) is 26.0. The summed E-state index contributed by atoms with van der Waals surface area (Å²) in [6.07, 6.45) is 4.46. The average molecular weight is 613 g/mol. The standard InChI is InChI=1S/C46H28O2/c1-3-11-31-27(9-1)21-37(35-15-7-5-13-33(31)35)29-17-19-43-39(23-29)41-25-42-40-24-30(18-20-44(40)48-46(42)26-45(41)47-43)38-22-28-10-2-4-12-32(28)34-14-6-8-16-36(34)38/h1-26,41,45H. The van der Waals surface area contributed by atoms with Gasteiger partial charge in [-0.05, 0) is 102 Å². The Hall–Kier alpha value is -6.12. The molecular formula is C46H28O2. The van der Waals surface area contributed by atoms with Gasteiger partial charge in [-0.3, -0.25) is 0 Å². The van der Waals surface area contributed by atoms with Crippen molar-refractivity contribution in [1.29, 1.82) is 0 Å². The Morgan fingerprint density at radius 1 is 0.438 bits per heavy atom. The Kier molecular flexibility index (Phi) is 5.25. The van der Waals surface area contributed by atoms with Gasteiger partial charge < -0.3 is 9.15 Å². The van der Waals surface area contributed by atoms with Crippen molar-refractivity contribution in [2.24, 2.45) is 0 Å². The Morgan fingerprint density at radius 2 is 1.00 bits per heavy atom. The van der Waals surface area contributed by atoms with Gasteiger partial charge in [-0.15, -0.1) is 0 Å². The van der Waals surface area contributed by atoms with Gasteiger partial charge in [-0.1, -0.05) is 115 Å². The number of rotatable bonds is 2. The van der Waals surface area contributed by atoms with E-state index in [9.17, 15) is 0 Å². The Morgan fingerprint density at radius 3 is 1.67 bits per heavy atom. The second kappa shape index (κ2) is 9.70. The van der Waals surface area contributed by atoms with Crippen LogP contribution >= 0.6 is 0 Å². The van der Waals surface area contributed by atoms with Gasteiger partial charge in [0.15, 0.2) is 0 Å². The van der Waals surface area contributed by atoms with Crippen LogP contribution in [0.25, 0.3) is 88.5 Å². The highest BCUT2D eigenvalue weighted by Crippen LogP contribution is 2.44. The first-order valence-corrected chi connectivity index (χ1v) is 16.7. The van der Waals surface area contributed by atoms with E-state index in [1.807, 2.05) is 0 Å². The number of fused-ring (bicyclic) bond motifs is 12. The van der Waals surface area contributed by atoms with E-state index in [0.29, 0.717) is 0 Å². The van der Waals surface area contributed by atoms with Crippen LogP contribution in [-0.2, 0) is 0 Å². The topological polar surface area (TPSA) is 22.4 Å². The minimum atomic E-state index is -0.0967. The molecule has 0 saturated heterocycles. The van der Waals surface area contributed by atoms with Crippen molar-refractivity contribution in [3.05, 3.63) is 162 Å². The molecule has 2 heteroatoms. The zero-order valence-electron chi connectivity index (χ0n) is 26.0. The Balaban J connectivity index is 1.07. The predicted octanol–water partition coefficient (Wildman–Crippen LogP) is 10.5. The summed E-state index contributed by atoms with van der Waals surface area (Å²) in [5, 5.41) is 12.4. The van der Waals surface area contributed by atoms with Crippen molar-refractivity contribution in [3.63, 3.8) is 0 Å². The maximum atomic E-state index is 6.55. The third-order valence-corrected chi connectivity index (χ3v) is 10.6. The molecule has 48 heavy (non-hydrogen) atoms. The van der Waals surface area contributed by atoms with Gasteiger partial charge in [0.05, 0.1) is 0 Å². The van der Waals surface area contributed by atoms with E-state index in [2.05, 4.69) is 158 Å². The van der Waals surface area contributed by atoms with Crippen molar-refractivity contribution in [2.75, 3.05) is 0 Å². The van der Waals surface area contributed by atoms with Gasteiger partial charge in [-0.2, -0.15) is 0 Å². The van der Waals surface area contributed by atoms with Crippen molar-refractivity contribution >= 4 is 66.2 Å². The number of ether oxygens (including phenoxy) is 1. The molecule has 11 rings (SSSR count). The van der Waals surface area contributed by atoms with E-state index in [0.717, 1.165) is 27.4 Å². The zero-order chi connectivity index (χ0) is 31.3. The summed E-state index contributed by atoms with van der Waals surface area (Å²) in [5.74, 6) is 1.05. The maximum Gasteiger partial charge on any atom is 0.135 e. The summed E-state index contributed by atoms with van der Waals surface area (Å²) in [7, 11) is 0. The molecule has 0 N–H and O–H groups in total. The third kappa shape index (κ3) is 3.69. The highest BCUT2D eigenvalue weighted by atomic mass is 16.5. The van der Waals surface area contributed by atoms with Crippen LogP contribution < -0.4 is 15.4 Å². The number of furan rings is 1. The monoisotopic (exact) mass is 612 g/mol. The van der Waals surface area contributed by atoms with Gasteiger partial charge in [0, 0.05) is 28.2 Å². The van der Waals surface area contributed by atoms with Crippen LogP contribution in [-0.4, -0.2) is 6.10 Å². The zero-order valence-corrected chi connectivity index (χ0v) is 26.0. The molecule has 0 amide bonds. The normalized spacial score (nSPS) is 16.4. The smallest absolute Gasteiger partial charge is 0.135 e. The van der Waals surface area contributed by atoms with Crippen molar-refractivity contribution in [1.82, 2.24) is 0 Å². The molecule has 2 heterocycles. The van der Waals surface area contributed by atoms with Gasteiger partial charge in [0.1, 0.15) is 22.9 Å². The number of hydrogen-bond acceptors (Lipinski definition) is 2. The van der Waals surface area contributed by atoms with E-state index in [4.69, 9.17) is 9.15 Å². The molecule has 2 aliphatic rings. The van der Waals surface area contributed by atoms with E-state index < -0.39 is 0 Å². The van der Waals surface area contributed by atoms with Crippen LogP contribution in [0.3, 0.4) is 0 Å². The van der Waals surface area contributed by atoms with E-state index in [1.54, 1.807) is 0 Å². The fraction of sp³-hybridized carbons (Fsp3) is 0.0435. The van der Waals surface area contributed by atoms with Crippen LogP contribution in [0.2, 0.25) is 0 Å². The molecule has 9 aromatic rings. The molecule has 2 unspecified atom stereocenters. The van der Waals surface area contributed by atoms with E-state index >= 15 is 0 Å². The highest BCUT2D eigenvalue weighted by Gasteiger charge is 2.34. The number of benzene rings is 8. The van der Waals surface area contributed by atoms with Crippen molar-refractivity contribution < 1.29 is 9.15 Å². The van der Waals surface area contributed by atoms with Crippen LogP contribution in [0.4, 0.5) is 0 Å². The minimum absolute atomic E-state index is 0.0967. The summed E-state index contributed by atoms with van der Waals surface area (Å²) in [6, 6.07) is 52.8. The lowest BCUT2D eigenvalue weighted by Gasteiger charge is -2.14. The lowest BCUT2D eigenvalue weighted by molar-refractivity contribution is 0.286. The summed E-state index contributed by atoms with van der Waals surface area (Å²) in [4.78, 5) is 0. The molecule has 0 bridgehead atoms. The molecule has 224 valence electrons. The lowest BCUT2D eigenvalue weighted by Crippen LogP contribution is -2.32. The van der Waals surface area contributed by atoms with Crippen molar-refractivity contribution in [2.45, 2.75) is 12.0 Å². The SMILES string of the molecule is C1=c2oc3ccc(-c4cc5ccccc5c5ccccc45)cc3c2=CC2c3cc(-c4cc5ccccc5c5ccccc45)ccc3OC12. The van der Waals surface area contributed by atoms with Gasteiger partial charge in [0.2, 0.25) is 0 Å². The Bertz CT molecular complexity index is 2950. The molecule has 0 fully saturated rings. The molecule has 2 atom stereocenters. The quantitative estimate of drug-likeness (QED) is 0.181. The Labute approximate surface area is 276 Å². The van der Waals surface area contributed by atoms with Gasteiger partial charge >= 0.3 is 0 Å². The van der Waals surface area contributed by atoms with Crippen LogP contribution in [0.1, 0.15) is 11.5 Å². The average Bonchev–Trinajstić information content (AvgIpc) is 3.69. The highest BCUT2D eigenvalue weighted by molar-refractivity contribution is 6.15. The second-order valence-electron chi connectivity index (χ2n) is 13.2. The largest absolute Gasteiger partial charge is 0.485 e. The van der Waals surface area contributed by atoms with Gasteiger partial charge in [-0.25, -0.2) is 0 Å². The fourth-order valence-corrected chi connectivity index (χ4v) is 8.32. The van der Waals surface area contributed by atoms with Crippen LogP contribution in [0.15, 0.2) is 150 Å². The molecule has 0 spiro atoms. The van der Waals surface area contributed by atoms with Crippen molar-refractivity contribution in [3.8, 4) is 28.0 Å². The minimum Gasteiger partial charge on any atom is -0.485 e. The maximum absolute atomic E-state index is 6.55. The molecular weight excluding hydrogens is 585 g/mol. The molecule has 2 nitrogen and oxygen atoms in total. The molecule has 1 aliphatic carbocycles. The van der Waals surface area contributed by atoms with E-state index in [-0.39, 0.29) is 12.0 Å². The molecule has 1 aliphatic heterocycles. The first-order valence-electron chi connectivity index (χ1n) is 16.7. The van der Waals surface area contributed by atoms with Crippen LogP contribution in [0, 0.1) is 0 Å². The molecule has 0 radical (unpaired) electrons. The fourth-order valence-electron chi connectivity index (χ4n) is 8.32. The molecule has 8 aromatic carbocycles. The summed E-state index contributed by atoms with van der Waals surface area (Å²) in [5.41, 5.74) is 7.90. The second-order valence-corrected chi connectivity index (χ2v) is 13.2. The predicted molar refractivity (Wildman–Crippen MR) is 199 cm³/mol.